The molecule has 10 nitrogen and oxygen atoms in total. The van der Waals surface area contributed by atoms with Gasteiger partial charge in [-0.3, -0.25) is 4.79 Å². The van der Waals surface area contributed by atoms with Crippen molar-refractivity contribution in [3.8, 4) is 0 Å². The van der Waals surface area contributed by atoms with Crippen LogP contribution in [0, 0.1) is 56.7 Å². The molecule has 7 rings (SSSR count). The van der Waals surface area contributed by atoms with Crippen LogP contribution in [0.15, 0.2) is 11.6 Å². The zero-order valence-electron chi connectivity index (χ0n) is 30.8. The first-order valence-corrected chi connectivity index (χ1v) is 19.0. The second-order valence-corrected chi connectivity index (χ2v) is 18.6. The van der Waals surface area contributed by atoms with Gasteiger partial charge < -0.3 is 25.6 Å². The molecule has 11 atom stereocenters. The Kier molecular flexibility index (Phi) is 8.24. The molecule has 1 saturated heterocycles. The third-order valence-corrected chi connectivity index (χ3v) is 16.5. The van der Waals surface area contributed by atoms with Crippen LogP contribution in [0.1, 0.15) is 119 Å². The second-order valence-electron chi connectivity index (χ2n) is 18.6. The van der Waals surface area contributed by atoms with Crippen molar-refractivity contribution in [2.24, 2.45) is 56.7 Å². The number of carboxylic acid groups (broad SMARTS) is 1. The molecule has 5 aliphatic carbocycles. The van der Waals surface area contributed by atoms with Crippen molar-refractivity contribution >= 4 is 11.9 Å². The molecule has 0 unspecified atom stereocenters. The van der Waals surface area contributed by atoms with Crippen LogP contribution < -0.4 is 11.1 Å². The van der Waals surface area contributed by atoms with Gasteiger partial charge in [-0.2, -0.15) is 4.80 Å². The fourth-order valence-electron chi connectivity index (χ4n) is 13.3. The van der Waals surface area contributed by atoms with Gasteiger partial charge in [0.1, 0.15) is 6.04 Å². The first-order chi connectivity index (χ1) is 22.6. The van der Waals surface area contributed by atoms with Crippen molar-refractivity contribution in [1.29, 1.82) is 0 Å². The second kappa shape index (κ2) is 11.5. The van der Waals surface area contributed by atoms with E-state index in [1.807, 2.05) is 0 Å². The third kappa shape index (κ3) is 4.59. The molecule has 0 amide bonds. The summed E-state index contributed by atoms with van der Waals surface area (Å²) in [6, 6.07) is -0.135. The summed E-state index contributed by atoms with van der Waals surface area (Å²) in [5, 5.41) is 27.9. The van der Waals surface area contributed by atoms with E-state index in [2.05, 4.69) is 82.3 Å². The Balaban J connectivity index is 1.30. The van der Waals surface area contributed by atoms with Gasteiger partial charge in [-0.05, 0) is 104 Å². The molecule has 4 N–H and O–H groups in total. The number of aliphatic carboxylic acids is 1. The number of ether oxygens (including phenoxy) is 2. The van der Waals surface area contributed by atoms with E-state index in [1.54, 1.807) is 4.80 Å². The molecule has 1 aromatic rings. The van der Waals surface area contributed by atoms with Crippen molar-refractivity contribution < 1.29 is 19.4 Å². The fraction of sp³-hybridized carbons (Fsp3) is 0.895. The van der Waals surface area contributed by atoms with Crippen molar-refractivity contribution in [2.75, 3.05) is 32.6 Å². The number of anilines is 1. The molecule has 5 fully saturated rings. The number of aromatic nitrogens is 4. The molecule has 10 heteroatoms. The standard InChI is InChI=1S/C38H62N6O4/c1-23(2)24(3)33(4)17-18-35(6)25-11-12-28-34(5)20-47-22-38(28,26(25)13-16-36(35,7)29(33)31(45)46)19-27(44-42-32(39)41-43-44)30(34)48-21-37(40-8)14-9-10-15-37/h13,23-25,27-30,40H,9-12,14-22H2,1-8H3,(H2,39,42)(H,45,46)/t24-,25+,27-,28+,29-,30+,33-,34+,35-,36+,38+/m1/s1. The van der Waals surface area contributed by atoms with E-state index >= 15 is 0 Å². The summed E-state index contributed by atoms with van der Waals surface area (Å²) in [5.74, 6) is 0.590. The predicted octanol–water partition coefficient (Wildman–Crippen LogP) is 6.30. The minimum atomic E-state index is -0.620. The molecule has 1 aliphatic heterocycles. The minimum absolute atomic E-state index is 0.00830. The summed E-state index contributed by atoms with van der Waals surface area (Å²) in [6.07, 6.45) is 12.8. The highest BCUT2D eigenvalue weighted by molar-refractivity contribution is 5.73. The van der Waals surface area contributed by atoms with Crippen LogP contribution in [0.25, 0.3) is 0 Å². The average Bonchev–Trinajstić information content (AvgIpc) is 3.69. The van der Waals surface area contributed by atoms with Crippen molar-refractivity contribution in [2.45, 2.75) is 130 Å². The first-order valence-electron chi connectivity index (χ1n) is 19.0. The van der Waals surface area contributed by atoms with E-state index in [0.717, 1.165) is 51.4 Å². The Morgan fingerprint density at radius 1 is 1.10 bits per heavy atom. The van der Waals surface area contributed by atoms with Crippen LogP contribution in [0.3, 0.4) is 0 Å². The number of rotatable bonds is 8. The molecule has 0 spiro atoms. The highest BCUT2D eigenvalue weighted by Gasteiger charge is 2.72. The van der Waals surface area contributed by atoms with Crippen LogP contribution in [0.2, 0.25) is 0 Å². The zero-order valence-corrected chi connectivity index (χ0v) is 30.8. The number of carbonyl (C=O) groups is 1. The number of tetrazole rings is 1. The number of likely N-dealkylation sites (N-methyl/N-ethyl adjacent to an activating group) is 1. The molecular formula is C38H62N6O4. The summed E-state index contributed by atoms with van der Waals surface area (Å²) in [4.78, 5) is 15.2. The largest absolute Gasteiger partial charge is 0.481 e. The quantitative estimate of drug-likeness (QED) is 0.273. The van der Waals surface area contributed by atoms with Gasteiger partial charge in [-0.25, -0.2) is 0 Å². The molecule has 2 heterocycles. The maximum Gasteiger partial charge on any atom is 0.307 e. The van der Waals surface area contributed by atoms with Gasteiger partial charge in [0, 0.05) is 16.4 Å². The predicted molar refractivity (Wildman–Crippen MR) is 185 cm³/mol. The Bertz CT molecular complexity index is 1440. The van der Waals surface area contributed by atoms with Crippen LogP contribution in [-0.2, 0) is 14.3 Å². The molecule has 0 radical (unpaired) electrons. The van der Waals surface area contributed by atoms with Gasteiger partial charge >= 0.3 is 5.97 Å². The molecule has 48 heavy (non-hydrogen) atoms. The molecule has 6 aliphatic rings. The van der Waals surface area contributed by atoms with Crippen molar-refractivity contribution in [3.05, 3.63) is 11.6 Å². The van der Waals surface area contributed by atoms with Crippen LogP contribution in [0.5, 0.6) is 0 Å². The lowest BCUT2D eigenvalue weighted by Gasteiger charge is -2.71. The van der Waals surface area contributed by atoms with Gasteiger partial charge in [0.25, 0.3) is 5.95 Å². The lowest BCUT2D eigenvalue weighted by atomic mass is 9.34. The van der Waals surface area contributed by atoms with E-state index in [0.29, 0.717) is 43.5 Å². The normalized spacial score (nSPS) is 45.5. The van der Waals surface area contributed by atoms with E-state index < -0.39 is 11.9 Å². The number of nitrogens with two attached hydrogens (primary N) is 1. The maximum atomic E-state index is 13.4. The van der Waals surface area contributed by atoms with Crippen molar-refractivity contribution in [3.63, 3.8) is 0 Å². The zero-order chi connectivity index (χ0) is 34.5. The Hall–Kier alpha value is -2.04. The lowest BCUT2D eigenvalue weighted by molar-refractivity contribution is -0.254. The van der Waals surface area contributed by atoms with Gasteiger partial charge in [-0.15, -0.1) is 5.10 Å². The highest BCUT2D eigenvalue weighted by Crippen LogP contribution is 2.75. The Labute approximate surface area is 287 Å². The van der Waals surface area contributed by atoms with Crippen molar-refractivity contribution in [1.82, 2.24) is 25.5 Å². The summed E-state index contributed by atoms with van der Waals surface area (Å²) in [5.41, 5.74) is 6.39. The molecule has 2 bridgehead atoms. The number of hydrogen-bond acceptors (Lipinski definition) is 8. The molecule has 0 aromatic carbocycles. The summed E-state index contributed by atoms with van der Waals surface area (Å²) in [7, 11) is 2.07. The number of fused-ring (bicyclic) bond motifs is 3. The number of nitrogens with zero attached hydrogens (tertiary/aromatic N) is 4. The number of carboxylic acids is 1. The molecule has 4 saturated carbocycles. The van der Waals surface area contributed by atoms with E-state index in [9.17, 15) is 9.90 Å². The topological polar surface area (TPSA) is 137 Å². The van der Waals surface area contributed by atoms with Gasteiger partial charge in [0.15, 0.2) is 0 Å². The SMILES string of the molecule is CNC1(CO[C@H]2[C@H](n3nnc(N)n3)C[C@@]34COC[C@@]2(C)[C@@H]3CC[C@H]2C4=CC[C@@]3(C)[C@H](C(=O)O)[C@@](C)([C@H](C)C(C)C)CC[C@]23C)CCCC1. The van der Waals surface area contributed by atoms with Gasteiger partial charge in [0.2, 0.25) is 0 Å². The maximum absolute atomic E-state index is 13.4. The van der Waals surface area contributed by atoms with Gasteiger partial charge in [-0.1, -0.05) is 78.1 Å². The van der Waals surface area contributed by atoms with Gasteiger partial charge in [0.05, 0.1) is 31.8 Å². The smallest absolute Gasteiger partial charge is 0.307 e. The minimum Gasteiger partial charge on any atom is -0.481 e. The Morgan fingerprint density at radius 2 is 1.83 bits per heavy atom. The third-order valence-electron chi connectivity index (χ3n) is 16.5. The Morgan fingerprint density at radius 3 is 2.46 bits per heavy atom. The monoisotopic (exact) mass is 666 g/mol. The number of nitrogen functional groups attached to an aromatic ring is 1. The molecule has 1 aromatic heterocycles. The summed E-state index contributed by atoms with van der Waals surface area (Å²) >= 11 is 0. The first kappa shape index (κ1) is 34.4. The average molecular weight is 667 g/mol. The number of allylic oxidation sites excluding steroid dienone is 1. The number of hydrogen-bond donors (Lipinski definition) is 3. The molecule has 268 valence electrons. The van der Waals surface area contributed by atoms with Crippen LogP contribution in [-0.4, -0.2) is 69.8 Å². The number of nitrogens with one attached hydrogen (secondary N) is 1. The van der Waals surface area contributed by atoms with Crippen LogP contribution >= 0.6 is 0 Å². The van der Waals surface area contributed by atoms with Crippen LogP contribution in [0.4, 0.5) is 5.95 Å². The highest BCUT2D eigenvalue weighted by atomic mass is 16.5. The molecular weight excluding hydrogens is 604 g/mol. The van der Waals surface area contributed by atoms with E-state index in [4.69, 9.17) is 15.2 Å². The fourth-order valence-corrected chi connectivity index (χ4v) is 13.3. The van der Waals surface area contributed by atoms with E-state index in [1.165, 1.54) is 18.4 Å². The lowest BCUT2D eigenvalue weighted by Crippen LogP contribution is -2.69. The summed E-state index contributed by atoms with van der Waals surface area (Å²) in [6.45, 7) is 18.2. The van der Waals surface area contributed by atoms with E-state index in [-0.39, 0.29) is 50.7 Å². The summed E-state index contributed by atoms with van der Waals surface area (Å²) < 4.78 is 13.9.